The Morgan fingerprint density at radius 2 is 1.06 bits per heavy atom. The zero-order valence-electron chi connectivity index (χ0n) is 12.5. The summed E-state index contributed by atoms with van der Waals surface area (Å²) in [6.07, 6.45) is 0. The number of hydrogen-bond acceptors (Lipinski definition) is 0. The van der Waals surface area contributed by atoms with Crippen molar-refractivity contribution in [2.45, 2.75) is 32.3 Å². The van der Waals surface area contributed by atoms with Crippen LogP contribution < -0.4 is 4.40 Å². The predicted molar refractivity (Wildman–Crippen MR) is 85.1 cm³/mol. The third-order valence-electron chi connectivity index (χ3n) is 1.36. The molecule has 0 bridgehead atoms. The van der Waals surface area contributed by atoms with E-state index in [9.17, 15) is 0 Å². The first kappa shape index (κ1) is 27.1. The molecule has 3 N–H and O–H groups in total. The van der Waals surface area contributed by atoms with Gasteiger partial charge in [-0.25, -0.2) is 0 Å². The van der Waals surface area contributed by atoms with Crippen molar-refractivity contribution < 1.29 is 26.2 Å². The van der Waals surface area contributed by atoms with Crippen LogP contribution in [0.3, 0.4) is 0 Å². The first-order chi connectivity index (χ1) is 8.05. The van der Waals surface area contributed by atoms with Gasteiger partial charge in [0.1, 0.15) is 0 Å². The maximum absolute atomic E-state index is 6.21. The van der Waals surface area contributed by atoms with Crippen LogP contribution in [0.2, 0.25) is 11.5 Å². The molecule has 1 aromatic rings. The molecule has 0 aromatic heterocycles. The monoisotopic (exact) mass is 391 g/mol. The van der Waals surface area contributed by atoms with Crippen molar-refractivity contribution in [3.05, 3.63) is 41.5 Å². The van der Waals surface area contributed by atoms with Gasteiger partial charge >= 0.3 is 80.7 Å². The van der Waals surface area contributed by atoms with Gasteiger partial charge in [0.25, 0.3) is 0 Å². The van der Waals surface area contributed by atoms with E-state index >= 15 is 0 Å². The maximum atomic E-state index is 6.21. The van der Waals surface area contributed by atoms with E-state index in [0.717, 1.165) is 0 Å². The Bertz CT molecular complexity index is 187. The van der Waals surface area contributed by atoms with Crippen LogP contribution in [0.1, 0.15) is 20.8 Å². The summed E-state index contributed by atoms with van der Waals surface area (Å²) < 4.78 is 1.62. The van der Waals surface area contributed by atoms with Gasteiger partial charge in [0.2, 0.25) is 0 Å². The van der Waals surface area contributed by atoms with E-state index < -0.39 is 14.3 Å². The second kappa shape index (κ2) is 26.3. The molecular weight excluding hydrogens is 362 g/mol. The van der Waals surface area contributed by atoms with Crippen molar-refractivity contribution >= 4 is 18.7 Å². The molecule has 0 saturated carbocycles. The molecule has 3 nitrogen and oxygen atoms in total. The van der Waals surface area contributed by atoms with Gasteiger partial charge in [-0.05, 0) is 0 Å². The topological polar surface area (TPSA) is 71.4 Å². The summed E-state index contributed by atoms with van der Waals surface area (Å²) in [6, 6.07) is 8.73. The van der Waals surface area contributed by atoms with Crippen LogP contribution in [0.25, 0.3) is 17.2 Å². The molecule has 5 heteroatoms. The predicted octanol–water partition coefficient (Wildman–Crippen LogP) is 4.27. The Balaban J connectivity index is -0.0000000840. The van der Waals surface area contributed by atoms with Gasteiger partial charge in [0.15, 0.2) is 0 Å². The van der Waals surface area contributed by atoms with E-state index in [2.05, 4.69) is 35.8 Å². The molecule has 0 heterocycles. The smallest absolute Gasteiger partial charge is 4.00 e. The van der Waals surface area contributed by atoms with Gasteiger partial charge in [-0.2, -0.15) is 19.6 Å². The quantitative estimate of drug-likeness (QED) is 0.507. The first-order valence-corrected chi connectivity index (χ1v) is 12.3. The maximum Gasteiger partial charge on any atom is 4.00 e. The fourth-order valence-electron chi connectivity index (χ4n) is 0.774. The number of rotatable bonds is 1. The molecule has 1 rings (SSSR count). The van der Waals surface area contributed by atoms with E-state index in [4.69, 9.17) is 17.2 Å². The average Bonchev–Trinajstić information content (AvgIpc) is 2.73. The first-order valence-electron chi connectivity index (χ1n) is 6.20. The van der Waals surface area contributed by atoms with Gasteiger partial charge in [-0.1, -0.05) is 20.8 Å². The number of hydrogen-bond donors (Lipinski definition) is 0. The molecule has 0 amide bonds. The molecule has 0 fully saturated rings. The second-order valence-corrected chi connectivity index (χ2v) is 9.68. The minimum Gasteiger partial charge on any atom is 4.00 e. The van der Waals surface area contributed by atoms with E-state index in [-0.39, 0.29) is 26.2 Å². The van der Waals surface area contributed by atoms with Crippen LogP contribution in [0.5, 0.6) is 0 Å². The molecule has 0 aliphatic carbocycles. The molecule has 0 aliphatic rings. The average molecular weight is 391 g/mol. The third-order valence-corrected chi connectivity index (χ3v) is 4.96. The van der Waals surface area contributed by atoms with Crippen LogP contribution >= 0.6 is 0 Å². The van der Waals surface area contributed by atoms with Crippen LogP contribution in [-0.2, 0) is 26.2 Å². The summed E-state index contributed by atoms with van der Waals surface area (Å²) >= 11 is -0.888. The van der Waals surface area contributed by atoms with E-state index in [1.165, 1.54) is 0 Å². The standard InChI is InChI=1S/C7H11Ge.3C2H6N.Zr/c1-8(2)7-5-3-4-6-7;3*1-2-3;/h3-6,8H,1-2H3;3*3H,2H2,1H3;/q4*-1;+4. The molecule has 104 valence electrons. The van der Waals surface area contributed by atoms with Crippen molar-refractivity contribution in [1.29, 1.82) is 0 Å². The van der Waals surface area contributed by atoms with Crippen molar-refractivity contribution in [3.8, 4) is 0 Å². The SMILES string of the molecule is CC[NH-].CC[NH-].CC[NH-].[CH3][GeH]([CH3])[c-]1cccc1.[Zr+4]. The second-order valence-electron chi connectivity index (χ2n) is 3.43. The molecule has 0 saturated heterocycles. The summed E-state index contributed by atoms with van der Waals surface area (Å²) in [5.41, 5.74) is 18.6. The fourth-order valence-corrected chi connectivity index (χ4v) is 2.86. The molecule has 0 spiro atoms. The van der Waals surface area contributed by atoms with Crippen molar-refractivity contribution in [2.24, 2.45) is 0 Å². The zero-order chi connectivity index (χ0) is 14.1. The van der Waals surface area contributed by atoms with Crippen LogP contribution in [0.15, 0.2) is 24.3 Å². The summed E-state index contributed by atoms with van der Waals surface area (Å²) in [4.78, 5) is 0. The van der Waals surface area contributed by atoms with E-state index in [1.807, 2.05) is 0 Å². The van der Waals surface area contributed by atoms with Crippen molar-refractivity contribution in [2.75, 3.05) is 19.6 Å². The van der Waals surface area contributed by atoms with Gasteiger partial charge in [0.05, 0.1) is 0 Å². The normalized spacial score (nSPS) is 7.61. The van der Waals surface area contributed by atoms with Gasteiger partial charge in [-0.3, -0.25) is 0 Å². The Hall–Kier alpha value is 0.656. The minimum atomic E-state index is -0.888. The summed E-state index contributed by atoms with van der Waals surface area (Å²) in [5, 5.41) is 0. The fraction of sp³-hybridized carbons (Fsp3) is 0.615. The number of nitrogens with one attached hydrogen (secondary N) is 3. The molecule has 0 aliphatic heterocycles. The summed E-state index contributed by atoms with van der Waals surface area (Å²) in [7, 11) is 0. The largest absolute Gasteiger partial charge is 4.00 e. The Labute approximate surface area is 137 Å². The van der Waals surface area contributed by atoms with Crippen LogP contribution in [-0.4, -0.2) is 34.0 Å². The van der Waals surface area contributed by atoms with Crippen LogP contribution in [0.4, 0.5) is 0 Å². The molecule has 0 unspecified atom stereocenters. The zero-order valence-corrected chi connectivity index (χ0v) is 17.4. The summed E-state index contributed by atoms with van der Waals surface area (Å²) in [5.74, 6) is 4.78. The molecular formula is C13H29GeN3Zr. The van der Waals surface area contributed by atoms with Gasteiger partial charge < -0.3 is 17.2 Å². The molecule has 0 radical (unpaired) electrons. The molecule has 0 atom stereocenters. The van der Waals surface area contributed by atoms with Gasteiger partial charge in [-0.15, -0.1) is 0 Å². The van der Waals surface area contributed by atoms with Crippen molar-refractivity contribution in [1.82, 2.24) is 0 Å². The summed E-state index contributed by atoms with van der Waals surface area (Å²) in [6.45, 7) is 6.88. The van der Waals surface area contributed by atoms with Crippen LogP contribution in [0, 0.1) is 0 Å². The Morgan fingerprint density at radius 1 is 0.833 bits per heavy atom. The molecule has 18 heavy (non-hydrogen) atoms. The Morgan fingerprint density at radius 3 is 1.17 bits per heavy atom. The van der Waals surface area contributed by atoms with E-state index in [1.54, 1.807) is 25.2 Å². The Kier molecular flexibility index (Phi) is 39.5. The minimum absolute atomic E-state index is 0. The third kappa shape index (κ3) is 30.0. The van der Waals surface area contributed by atoms with Gasteiger partial charge in [0, 0.05) is 0 Å². The van der Waals surface area contributed by atoms with E-state index in [0.29, 0.717) is 19.6 Å². The van der Waals surface area contributed by atoms with Crippen molar-refractivity contribution in [3.63, 3.8) is 0 Å². The molecule has 1 aromatic carbocycles.